The van der Waals surface area contributed by atoms with E-state index in [9.17, 15) is 14.4 Å². The molecule has 4 aromatic rings. The summed E-state index contributed by atoms with van der Waals surface area (Å²) in [6.07, 6.45) is 0. The minimum Gasteiger partial charge on any atom is -0.462 e. The lowest BCUT2D eigenvalue weighted by atomic mass is 10.1. The second-order valence-corrected chi connectivity index (χ2v) is 7.18. The number of fused-ring (bicyclic) bond motifs is 1. The van der Waals surface area contributed by atoms with Gasteiger partial charge in [-0.05, 0) is 61.4 Å². The number of hydrogen-bond donors (Lipinski definition) is 2. The average Bonchev–Trinajstić information content (AvgIpc) is 3.12. The van der Waals surface area contributed by atoms with Crippen molar-refractivity contribution in [1.82, 2.24) is 14.3 Å². The number of nitrogens with one attached hydrogen (secondary N) is 1. The summed E-state index contributed by atoms with van der Waals surface area (Å²) in [5.74, 6) is -0.449. The largest absolute Gasteiger partial charge is 0.462 e. The number of aromatic nitrogens is 3. The molecule has 0 aliphatic heterocycles. The van der Waals surface area contributed by atoms with Crippen molar-refractivity contribution < 1.29 is 19.7 Å². The number of nitrogens with zero attached hydrogens (tertiary/aromatic N) is 2. The number of benzene rings is 2. The van der Waals surface area contributed by atoms with Gasteiger partial charge in [0, 0.05) is 6.07 Å². The molecule has 2 aromatic carbocycles. The molecular weight excluding hydrogens is 414 g/mol. The predicted octanol–water partition coefficient (Wildman–Crippen LogP) is 2.94. The smallest absolute Gasteiger partial charge is 0.338 e. The molecule has 0 spiro atoms. The minimum atomic E-state index is -0.449. The summed E-state index contributed by atoms with van der Waals surface area (Å²) in [4.78, 5) is 42.1. The van der Waals surface area contributed by atoms with Crippen molar-refractivity contribution in [3.05, 3.63) is 92.0 Å². The number of ether oxygens (including phenoxy) is 1. The number of aromatic amines is 1. The Morgan fingerprint density at radius 3 is 2.31 bits per heavy atom. The topological polar surface area (TPSA) is 116 Å². The third-order valence-corrected chi connectivity index (χ3v) is 5.11. The Balaban J connectivity index is 1.86. The van der Waals surface area contributed by atoms with Crippen LogP contribution < -0.4 is 11.1 Å². The number of pyridine rings is 1. The molecule has 0 saturated carbocycles. The number of esters is 1. The minimum absolute atomic E-state index is 0.0301. The van der Waals surface area contributed by atoms with Gasteiger partial charge < -0.3 is 4.74 Å². The van der Waals surface area contributed by atoms with Crippen LogP contribution in [0.3, 0.4) is 0 Å². The molecule has 9 nitrogen and oxygen atoms in total. The summed E-state index contributed by atoms with van der Waals surface area (Å²) in [5, 5.41) is 12.0. The van der Waals surface area contributed by atoms with E-state index < -0.39 is 5.97 Å². The highest BCUT2D eigenvalue weighted by atomic mass is 17.1. The van der Waals surface area contributed by atoms with E-state index >= 15 is 0 Å². The van der Waals surface area contributed by atoms with Crippen LogP contribution in [0.5, 0.6) is 0 Å². The van der Waals surface area contributed by atoms with Crippen molar-refractivity contribution >= 4 is 17.0 Å². The van der Waals surface area contributed by atoms with Crippen LogP contribution in [0.15, 0.2) is 64.2 Å². The van der Waals surface area contributed by atoms with Crippen molar-refractivity contribution in [3.8, 4) is 11.4 Å². The van der Waals surface area contributed by atoms with E-state index in [4.69, 9.17) is 9.99 Å². The van der Waals surface area contributed by atoms with E-state index in [1.807, 2.05) is 0 Å². The highest BCUT2D eigenvalue weighted by molar-refractivity contribution is 5.89. The lowest BCUT2D eigenvalue weighted by Crippen LogP contribution is -2.19. The highest BCUT2D eigenvalue weighted by Gasteiger charge is 2.17. The van der Waals surface area contributed by atoms with Gasteiger partial charge in [0.2, 0.25) is 0 Å². The molecule has 0 amide bonds. The molecule has 0 bridgehead atoms. The van der Waals surface area contributed by atoms with Crippen LogP contribution in [-0.2, 0) is 16.2 Å². The molecule has 0 atom stereocenters. The van der Waals surface area contributed by atoms with Crippen molar-refractivity contribution in [2.45, 2.75) is 20.5 Å². The van der Waals surface area contributed by atoms with Crippen molar-refractivity contribution in [2.75, 3.05) is 6.61 Å². The monoisotopic (exact) mass is 435 g/mol. The Kier molecular flexibility index (Phi) is 5.76. The van der Waals surface area contributed by atoms with Gasteiger partial charge in [0.05, 0.1) is 28.9 Å². The van der Waals surface area contributed by atoms with E-state index in [2.05, 4.69) is 9.99 Å². The maximum atomic E-state index is 13.2. The zero-order chi connectivity index (χ0) is 22.8. The zero-order valence-corrected chi connectivity index (χ0v) is 17.5. The maximum Gasteiger partial charge on any atom is 0.338 e. The fourth-order valence-electron chi connectivity index (χ4n) is 3.59. The number of carbonyl (C=O) groups is 1. The summed E-state index contributed by atoms with van der Waals surface area (Å²) in [6.45, 7) is 3.73. The van der Waals surface area contributed by atoms with Gasteiger partial charge in [-0.1, -0.05) is 12.1 Å². The van der Waals surface area contributed by atoms with E-state index in [-0.39, 0.29) is 24.3 Å². The summed E-state index contributed by atoms with van der Waals surface area (Å²) in [5.41, 5.74) is 2.42. The number of hydrogen-bond acceptors (Lipinski definition) is 6. The van der Waals surface area contributed by atoms with Crippen LogP contribution in [0.4, 0.5) is 0 Å². The van der Waals surface area contributed by atoms with Gasteiger partial charge in [0.15, 0.2) is 0 Å². The van der Waals surface area contributed by atoms with E-state index in [1.165, 1.54) is 15.3 Å². The van der Waals surface area contributed by atoms with Gasteiger partial charge in [-0.3, -0.25) is 24.5 Å². The molecule has 4 rings (SSSR count). The Morgan fingerprint density at radius 2 is 1.69 bits per heavy atom. The maximum absolute atomic E-state index is 13.2. The van der Waals surface area contributed by atoms with Gasteiger partial charge in [-0.2, -0.15) is 0 Å². The van der Waals surface area contributed by atoms with Crippen molar-refractivity contribution in [1.29, 1.82) is 0 Å². The Hall–Kier alpha value is -3.95. The third-order valence-electron chi connectivity index (χ3n) is 5.11. The van der Waals surface area contributed by atoms with E-state index in [0.29, 0.717) is 33.5 Å². The first-order chi connectivity index (χ1) is 15.4. The first kappa shape index (κ1) is 21.3. The van der Waals surface area contributed by atoms with Gasteiger partial charge in [-0.25, -0.2) is 14.4 Å². The van der Waals surface area contributed by atoms with Crippen LogP contribution >= 0.6 is 0 Å². The van der Waals surface area contributed by atoms with Crippen LogP contribution in [0, 0.1) is 6.92 Å². The normalized spacial score (nSPS) is 11.1. The molecule has 0 saturated heterocycles. The molecule has 2 heterocycles. The highest BCUT2D eigenvalue weighted by Crippen LogP contribution is 2.18. The summed E-state index contributed by atoms with van der Waals surface area (Å²) in [6, 6.07) is 14.7. The number of carbonyl (C=O) groups excluding carboxylic acids is 1. The Labute approximate surface area is 182 Å². The number of rotatable bonds is 6. The molecule has 0 aliphatic rings. The molecule has 0 fully saturated rings. The lowest BCUT2D eigenvalue weighted by molar-refractivity contribution is -0.253. The first-order valence-corrected chi connectivity index (χ1v) is 9.95. The summed E-state index contributed by atoms with van der Waals surface area (Å²) >= 11 is 0. The zero-order valence-electron chi connectivity index (χ0n) is 17.5. The van der Waals surface area contributed by atoms with Gasteiger partial charge in [0.25, 0.3) is 11.1 Å². The lowest BCUT2D eigenvalue weighted by Gasteiger charge is -2.09. The predicted molar refractivity (Wildman–Crippen MR) is 118 cm³/mol. The fraction of sp³-hybridized carbons (Fsp3) is 0.174. The average molecular weight is 435 g/mol. The van der Waals surface area contributed by atoms with Crippen LogP contribution in [-0.4, -0.2) is 32.2 Å². The van der Waals surface area contributed by atoms with Crippen LogP contribution in [0.25, 0.3) is 22.4 Å². The molecule has 0 aliphatic carbocycles. The number of H-pyrrole nitrogens is 1. The Morgan fingerprint density at radius 1 is 1.03 bits per heavy atom. The molecular formula is C23H21N3O6. The van der Waals surface area contributed by atoms with Gasteiger partial charge in [-0.15, -0.1) is 0 Å². The van der Waals surface area contributed by atoms with E-state index in [1.54, 1.807) is 62.4 Å². The molecule has 2 N–H and O–H groups in total. The summed E-state index contributed by atoms with van der Waals surface area (Å²) < 4.78 is 7.74. The van der Waals surface area contributed by atoms with Crippen molar-refractivity contribution in [3.63, 3.8) is 0 Å². The molecule has 0 unspecified atom stereocenters. The standard InChI is InChI=1S/C23H21N3O6/c1-3-31-23(29)16-6-10-17(11-7-16)25-19(27)12-14(2)20-21(25)24-26(22(20)28)18-8-4-15(5-9-18)13-32-30/h4-12,24,30H,3,13H2,1-2H3. The third kappa shape index (κ3) is 3.75. The first-order valence-electron chi connectivity index (χ1n) is 9.95. The summed E-state index contributed by atoms with van der Waals surface area (Å²) in [7, 11) is 0. The fourth-order valence-corrected chi connectivity index (χ4v) is 3.59. The second kappa shape index (κ2) is 8.66. The molecule has 32 heavy (non-hydrogen) atoms. The SMILES string of the molecule is CCOC(=O)c1ccc(-n2c(=O)cc(C)c3c(=O)n(-c4ccc(COO)cc4)[nH]c32)cc1. The van der Waals surface area contributed by atoms with Gasteiger partial charge in [0.1, 0.15) is 12.3 Å². The van der Waals surface area contributed by atoms with Crippen LogP contribution in [0.1, 0.15) is 28.4 Å². The quantitative estimate of drug-likeness (QED) is 0.273. The molecule has 9 heteroatoms. The molecule has 0 radical (unpaired) electrons. The molecule has 2 aromatic heterocycles. The molecule has 164 valence electrons. The Bertz CT molecular complexity index is 1400. The second-order valence-electron chi connectivity index (χ2n) is 7.18. The number of aryl methyl sites for hydroxylation is 1. The van der Waals surface area contributed by atoms with Gasteiger partial charge >= 0.3 is 5.97 Å². The van der Waals surface area contributed by atoms with Crippen molar-refractivity contribution in [2.24, 2.45) is 0 Å². The van der Waals surface area contributed by atoms with Crippen LogP contribution in [0.2, 0.25) is 0 Å². The van der Waals surface area contributed by atoms with E-state index in [0.717, 1.165) is 5.56 Å².